The summed E-state index contributed by atoms with van der Waals surface area (Å²) in [4.78, 5) is 9.94. The highest BCUT2D eigenvalue weighted by atomic mass is 16.4. The molecule has 0 aromatic heterocycles. The van der Waals surface area contributed by atoms with E-state index in [1.54, 1.807) is 0 Å². The molecule has 0 unspecified atom stereocenters. The van der Waals surface area contributed by atoms with E-state index in [1.807, 2.05) is 0 Å². The summed E-state index contributed by atoms with van der Waals surface area (Å²) in [5, 5.41) is 27.5. The molecular weight excluding hydrogens is 138 g/mol. The number of aliphatic carboxylic acids is 1. The van der Waals surface area contributed by atoms with Gasteiger partial charge in [0.25, 0.3) is 0 Å². The number of hydrogen-bond acceptors (Lipinski definition) is 4. The maximum absolute atomic E-state index is 9.94. The van der Waals surface area contributed by atoms with Crippen LogP contribution in [0.4, 0.5) is 0 Å². The Morgan fingerprint density at radius 3 is 2.60 bits per heavy atom. The first-order chi connectivity index (χ1) is 4.68. The minimum Gasteiger partial charge on any atom is -0.479 e. The standard InChI is InChI=1S/C5H11NO4/c7-2-1-6-3-4(8)5(9)10/h4,6-8H,1-3H2,(H,9,10)/t4-/m0/s1. The molecule has 0 radical (unpaired) electrons. The SMILES string of the molecule is O=C(O)[C@@H](O)CNCCO. The van der Waals surface area contributed by atoms with Gasteiger partial charge in [-0.2, -0.15) is 0 Å². The summed E-state index contributed by atoms with van der Waals surface area (Å²) < 4.78 is 0. The third-order valence-electron chi connectivity index (χ3n) is 0.911. The van der Waals surface area contributed by atoms with Gasteiger partial charge in [-0.05, 0) is 0 Å². The summed E-state index contributed by atoms with van der Waals surface area (Å²) in [6.07, 6.45) is -1.38. The van der Waals surface area contributed by atoms with Crippen LogP contribution in [0.5, 0.6) is 0 Å². The molecule has 5 heteroatoms. The first kappa shape index (κ1) is 9.35. The van der Waals surface area contributed by atoms with Crippen LogP contribution in [0, 0.1) is 0 Å². The van der Waals surface area contributed by atoms with Crippen LogP contribution < -0.4 is 5.32 Å². The summed E-state index contributed by atoms with van der Waals surface area (Å²) >= 11 is 0. The number of aliphatic hydroxyl groups excluding tert-OH is 2. The zero-order chi connectivity index (χ0) is 7.98. The summed E-state index contributed by atoms with van der Waals surface area (Å²) in [5.41, 5.74) is 0. The Balaban J connectivity index is 3.21. The van der Waals surface area contributed by atoms with E-state index in [9.17, 15) is 4.79 Å². The zero-order valence-electron chi connectivity index (χ0n) is 5.45. The third-order valence-corrected chi connectivity index (χ3v) is 0.911. The lowest BCUT2D eigenvalue weighted by Crippen LogP contribution is -2.34. The van der Waals surface area contributed by atoms with Gasteiger partial charge in [-0.15, -0.1) is 0 Å². The predicted octanol–water partition coefficient (Wildman–Crippen LogP) is -1.99. The van der Waals surface area contributed by atoms with Crippen molar-refractivity contribution in [1.82, 2.24) is 5.32 Å². The zero-order valence-corrected chi connectivity index (χ0v) is 5.45. The van der Waals surface area contributed by atoms with Gasteiger partial charge in [0.2, 0.25) is 0 Å². The van der Waals surface area contributed by atoms with E-state index in [4.69, 9.17) is 15.3 Å². The molecule has 60 valence electrons. The minimum absolute atomic E-state index is 0.0319. The van der Waals surface area contributed by atoms with Crippen LogP contribution in [0.15, 0.2) is 0 Å². The van der Waals surface area contributed by atoms with Gasteiger partial charge in [0, 0.05) is 13.1 Å². The summed E-state index contributed by atoms with van der Waals surface area (Å²) in [7, 11) is 0. The molecule has 1 atom stereocenters. The van der Waals surface area contributed by atoms with Crippen molar-refractivity contribution in [1.29, 1.82) is 0 Å². The normalized spacial score (nSPS) is 13.0. The molecule has 0 aliphatic carbocycles. The van der Waals surface area contributed by atoms with Crippen molar-refractivity contribution in [3.63, 3.8) is 0 Å². The molecule has 0 spiro atoms. The van der Waals surface area contributed by atoms with Crippen molar-refractivity contribution < 1.29 is 20.1 Å². The molecule has 0 bridgehead atoms. The highest BCUT2D eigenvalue weighted by molar-refractivity contribution is 5.72. The molecule has 0 fully saturated rings. The molecule has 0 rings (SSSR count). The lowest BCUT2D eigenvalue weighted by atomic mass is 10.3. The maximum Gasteiger partial charge on any atom is 0.333 e. The monoisotopic (exact) mass is 149 g/mol. The number of aliphatic hydroxyl groups is 2. The van der Waals surface area contributed by atoms with E-state index in [2.05, 4.69) is 5.32 Å². The second kappa shape index (κ2) is 5.16. The van der Waals surface area contributed by atoms with Gasteiger partial charge in [-0.25, -0.2) is 4.79 Å². The molecule has 0 aromatic rings. The van der Waals surface area contributed by atoms with Crippen molar-refractivity contribution in [2.75, 3.05) is 19.7 Å². The maximum atomic E-state index is 9.94. The largest absolute Gasteiger partial charge is 0.479 e. The third kappa shape index (κ3) is 4.25. The predicted molar refractivity (Wildman–Crippen MR) is 33.6 cm³/mol. The molecular formula is C5H11NO4. The summed E-state index contributed by atoms with van der Waals surface area (Å²) in [5.74, 6) is -1.26. The smallest absolute Gasteiger partial charge is 0.333 e. The highest BCUT2D eigenvalue weighted by Gasteiger charge is 2.10. The van der Waals surface area contributed by atoms with Crippen LogP contribution >= 0.6 is 0 Å². The van der Waals surface area contributed by atoms with Gasteiger partial charge in [0.05, 0.1) is 6.61 Å². The van der Waals surface area contributed by atoms with Gasteiger partial charge in [-0.3, -0.25) is 0 Å². The molecule has 0 heterocycles. The Labute approximate surface area is 58.3 Å². The second-order valence-electron chi connectivity index (χ2n) is 1.78. The Morgan fingerprint density at radius 2 is 2.20 bits per heavy atom. The van der Waals surface area contributed by atoms with Crippen molar-refractivity contribution in [2.45, 2.75) is 6.10 Å². The Morgan fingerprint density at radius 1 is 1.60 bits per heavy atom. The topological polar surface area (TPSA) is 89.8 Å². The van der Waals surface area contributed by atoms with Gasteiger partial charge < -0.3 is 20.6 Å². The van der Waals surface area contributed by atoms with E-state index in [1.165, 1.54) is 0 Å². The lowest BCUT2D eigenvalue weighted by molar-refractivity contribution is -0.146. The number of nitrogens with one attached hydrogen (secondary N) is 1. The fourth-order valence-corrected chi connectivity index (χ4v) is 0.405. The van der Waals surface area contributed by atoms with Crippen LogP contribution in [0.1, 0.15) is 0 Å². The second-order valence-corrected chi connectivity index (χ2v) is 1.78. The number of carboxylic acid groups (broad SMARTS) is 1. The fourth-order valence-electron chi connectivity index (χ4n) is 0.405. The van der Waals surface area contributed by atoms with Crippen LogP contribution in [0.2, 0.25) is 0 Å². The van der Waals surface area contributed by atoms with Crippen molar-refractivity contribution in [2.24, 2.45) is 0 Å². The molecule has 0 amide bonds. The first-order valence-electron chi connectivity index (χ1n) is 2.91. The number of carbonyl (C=O) groups is 1. The molecule has 0 saturated carbocycles. The van der Waals surface area contributed by atoms with Crippen LogP contribution in [-0.4, -0.2) is 47.1 Å². The van der Waals surface area contributed by atoms with E-state index in [-0.39, 0.29) is 13.2 Å². The Bertz CT molecular complexity index is 106. The number of rotatable bonds is 5. The average Bonchev–Trinajstić information content (AvgIpc) is 1.88. The van der Waals surface area contributed by atoms with Crippen LogP contribution in [-0.2, 0) is 4.79 Å². The first-order valence-corrected chi connectivity index (χ1v) is 2.91. The molecule has 0 aliphatic rings. The number of hydrogen-bond donors (Lipinski definition) is 4. The van der Waals surface area contributed by atoms with Crippen LogP contribution in [0.25, 0.3) is 0 Å². The number of carboxylic acids is 1. The van der Waals surface area contributed by atoms with Gasteiger partial charge >= 0.3 is 5.97 Å². The van der Waals surface area contributed by atoms with E-state index >= 15 is 0 Å². The fraction of sp³-hybridized carbons (Fsp3) is 0.800. The van der Waals surface area contributed by atoms with Crippen molar-refractivity contribution in [3.05, 3.63) is 0 Å². The summed E-state index contributed by atoms with van der Waals surface area (Å²) in [6.45, 7) is 0.201. The molecule has 10 heavy (non-hydrogen) atoms. The highest BCUT2D eigenvalue weighted by Crippen LogP contribution is 1.77. The molecule has 4 N–H and O–H groups in total. The molecule has 0 aromatic carbocycles. The van der Waals surface area contributed by atoms with Crippen molar-refractivity contribution >= 4 is 5.97 Å². The Kier molecular flexibility index (Phi) is 4.82. The summed E-state index contributed by atoms with van der Waals surface area (Å²) in [6, 6.07) is 0. The van der Waals surface area contributed by atoms with Crippen molar-refractivity contribution in [3.8, 4) is 0 Å². The molecule has 0 saturated heterocycles. The molecule has 0 aliphatic heterocycles. The quantitative estimate of drug-likeness (QED) is 0.340. The Hall–Kier alpha value is -0.650. The van der Waals surface area contributed by atoms with Gasteiger partial charge in [0.1, 0.15) is 0 Å². The molecule has 5 nitrogen and oxygen atoms in total. The van der Waals surface area contributed by atoms with E-state index < -0.39 is 12.1 Å². The van der Waals surface area contributed by atoms with Crippen LogP contribution in [0.3, 0.4) is 0 Å². The van der Waals surface area contributed by atoms with Gasteiger partial charge in [0.15, 0.2) is 6.10 Å². The lowest BCUT2D eigenvalue weighted by Gasteiger charge is -2.04. The van der Waals surface area contributed by atoms with E-state index in [0.29, 0.717) is 6.54 Å². The minimum atomic E-state index is -1.38. The van der Waals surface area contributed by atoms with Gasteiger partial charge in [-0.1, -0.05) is 0 Å². The van der Waals surface area contributed by atoms with E-state index in [0.717, 1.165) is 0 Å². The average molecular weight is 149 g/mol.